The Labute approximate surface area is 86.0 Å². The highest BCUT2D eigenvalue weighted by atomic mass is 32.2. The normalized spacial score (nSPS) is 25.4. The Morgan fingerprint density at radius 1 is 1.57 bits per heavy atom. The number of sulfone groups is 1. The summed E-state index contributed by atoms with van der Waals surface area (Å²) in [5.41, 5.74) is 0. The molecule has 78 valence electrons. The van der Waals surface area contributed by atoms with E-state index in [4.69, 9.17) is 0 Å². The molecule has 1 fully saturated rings. The summed E-state index contributed by atoms with van der Waals surface area (Å²) in [4.78, 5) is 0. The first kappa shape index (κ1) is 9.91. The van der Waals surface area contributed by atoms with Gasteiger partial charge in [0.05, 0.1) is 11.5 Å². The van der Waals surface area contributed by atoms with Gasteiger partial charge in [0.1, 0.15) is 0 Å². The molecule has 0 bridgehead atoms. The van der Waals surface area contributed by atoms with Gasteiger partial charge >= 0.3 is 0 Å². The second-order valence-electron chi connectivity index (χ2n) is 3.23. The van der Waals surface area contributed by atoms with Crippen LogP contribution in [0.25, 0.3) is 0 Å². The highest BCUT2D eigenvalue weighted by Gasteiger charge is 2.29. The van der Waals surface area contributed by atoms with Crippen LogP contribution in [0.4, 0.5) is 0 Å². The Balaban J connectivity index is 2.04. The first-order chi connectivity index (χ1) is 6.57. The number of aryl methyl sites for hydroxylation is 1. The third kappa shape index (κ3) is 2.06. The Morgan fingerprint density at radius 2 is 2.36 bits per heavy atom. The van der Waals surface area contributed by atoms with Gasteiger partial charge in [0.25, 0.3) is 0 Å². The zero-order valence-corrected chi connectivity index (χ0v) is 9.25. The lowest BCUT2D eigenvalue weighted by Crippen LogP contribution is -2.07. The highest BCUT2D eigenvalue weighted by Crippen LogP contribution is 2.28. The maximum absolute atomic E-state index is 11.2. The van der Waals surface area contributed by atoms with Gasteiger partial charge in [-0.25, -0.2) is 13.1 Å². The molecule has 0 amide bonds. The summed E-state index contributed by atoms with van der Waals surface area (Å²) in [5.74, 6) is 0.528. The van der Waals surface area contributed by atoms with Crippen molar-refractivity contribution < 1.29 is 8.42 Å². The number of rotatable bonds is 2. The molecule has 1 aliphatic rings. The summed E-state index contributed by atoms with van der Waals surface area (Å²) in [6.45, 7) is 0. The third-order valence-electron chi connectivity index (χ3n) is 2.04. The van der Waals surface area contributed by atoms with E-state index in [0.717, 1.165) is 0 Å². The van der Waals surface area contributed by atoms with Crippen LogP contribution in [0.5, 0.6) is 0 Å². The molecule has 1 saturated heterocycles. The van der Waals surface area contributed by atoms with Crippen molar-refractivity contribution in [1.82, 2.24) is 20.2 Å². The Morgan fingerprint density at radius 3 is 2.86 bits per heavy atom. The summed E-state index contributed by atoms with van der Waals surface area (Å²) in [7, 11) is -1.07. The van der Waals surface area contributed by atoms with E-state index < -0.39 is 9.84 Å². The number of thioether (sulfide) groups is 1. The van der Waals surface area contributed by atoms with Gasteiger partial charge in [-0.1, -0.05) is 11.8 Å². The van der Waals surface area contributed by atoms with Crippen LogP contribution in [0.2, 0.25) is 0 Å². The predicted molar refractivity (Wildman–Crippen MR) is 51.7 cm³/mol. The first-order valence-electron chi connectivity index (χ1n) is 4.16. The fourth-order valence-corrected chi connectivity index (χ4v) is 4.72. The summed E-state index contributed by atoms with van der Waals surface area (Å²) in [5, 5.41) is 11.7. The van der Waals surface area contributed by atoms with Crippen molar-refractivity contribution in [3.05, 3.63) is 0 Å². The van der Waals surface area contributed by atoms with Crippen molar-refractivity contribution in [2.75, 3.05) is 11.5 Å². The maximum Gasteiger partial charge on any atom is 0.209 e. The van der Waals surface area contributed by atoms with Gasteiger partial charge in [-0.05, 0) is 16.8 Å². The van der Waals surface area contributed by atoms with Crippen molar-refractivity contribution in [2.24, 2.45) is 7.05 Å². The van der Waals surface area contributed by atoms with E-state index in [9.17, 15) is 8.42 Å². The molecule has 1 aliphatic heterocycles. The monoisotopic (exact) mass is 234 g/mol. The summed E-state index contributed by atoms with van der Waals surface area (Å²) < 4.78 is 23.9. The molecule has 1 atom stereocenters. The Hall–Kier alpha value is -0.630. The smallest absolute Gasteiger partial charge is 0.209 e. The molecule has 0 saturated carbocycles. The minimum Gasteiger partial charge on any atom is -0.229 e. The third-order valence-corrected chi connectivity index (χ3v) is 5.32. The molecule has 8 heteroatoms. The van der Waals surface area contributed by atoms with Crippen LogP contribution in [0, 0.1) is 0 Å². The lowest BCUT2D eigenvalue weighted by molar-refractivity contribution is 0.602. The van der Waals surface area contributed by atoms with E-state index in [1.807, 2.05) is 0 Å². The summed E-state index contributed by atoms with van der Waals surface area (Å²) in [6.07, 6.45) is 0.694. The number of nitrogens with zero attached hydrogens (tertiary/aromatic N) is 4. The molecular formula is C6H10N4O2S2. The molecule has 6 nitrogen and oxygen atoms in total. The summed E-state index contributed by atoms with van der Waals surface area (Å²) in [6, 6.07) is 0. The van der Waals surface area contributed by atoms with Gasteiger partial charge < -0.3 is 0 Å². The lowest BCUT2D eigenvalue weighted by atomic mass is 10.4. The molecule has 2 heterocycles. The number of hydrogen-bond acceptors (Lipinski definition) is 6. The van der Waals surface area contributed by atoms with Gasteiger partial charge in [0.15, 0.2) is 9.84 Å². The minimum absolute atomic E-state index is 0.102. The van der Waals surface area contributed by atoms with Gasteiger partial charge in [-0.3, -0.25) is 0 Å². The van der Waals surface area contributed by atoms with Crippen molar-refractivity contribution in [3.8, 4) is 0 Å². The molecule has 0 aliphatic carbocycles. The van der Waals surface area contributed by atoms with Crippen LogP contribution < -0.4 is 0 Å². The molecule has 2 rings (SSSR count). The molecule has 14 heavy (non-hydrogen) atoms. The molecular weight excluding hydrogens is 224 g/mol. The number of aromatic nitrogens is 4. The van der Waals surface area contributed by atoms with Gasteiger partial charge in [0.2, 0.25) is 5.16 Å². The van der Waals surface area contributed by atoms with Crippen molar-refractivity contribution in [2.45, 2.75) is 16.8 Å². The van der Waals surface area contributed by atoms with E-state index >= 15 is 0 Å². The van der Waals surface area contributed by atoms with Crippen molar-refractivity contribution in [1.29, 1.82) is 0 Å². The standard InChI is InChI=1S/C6H10N4O2S2/c1-10-6(7-8-9-10)13-5-2-3-14(11,12)4-5/h5H,2-4H2,1H3/t5-/m1/s1. The molecule has 0 radical (unpaired) electrons. The predicted octanol–water partition coefficient (Wildman–Crippen LogP) is -0.511. The zero-order valence-electron chi connectivity index (χ0n) is 7.62. The highest BCUT2D eigenvalue weighted by molar-refractivity contribution is 8.01. The Kier molecular flexibility index (Phi) is 2.48. The molecule has 0 aromatic carbocycles. The molecule has 0 N–H and O–H groups in total. The molecule has 1 aromatic heterocycles. The topological polar surface area (TPSA) is 77.7 Å². The zero-order chi connectivity index (χ0) is 10.2. The second kappa shape index (κ2) is 3.50. The van der Waals surface area contributed by atoms with Crippen LogP contribution in [-0.2, 0) is 16.9 Å². The first-order valence-corrected chi connectivity index (χ1v) is 6.86. The fraction of sp³-hybridized carbons (Fsp3) is 0.833. The molecule has 0 spiro atoms. The van der Waals surface area contributed by atoms with Crippen LogP contribution in [0.1, 0.15) is 6.42 Å². The number of tetrazole rings is 1. The van der Waals surface area contributed by atoms with E-state index in [1.165, 1.54) is 11.8 Å². The lowest BCUT2D eigenvalue weighted by Gasteiger charge is -2.03. The van der Waals surface area contributed by atoms with Gasteiger partial charge in [-0.2, -0.15) is 0 Å². The van der Waals surface area contributed by atoms with E-state index in [0.29, 0.717) is 11.6 Å². The van der Waals surface area contributed by atoms with Crippen molar-refractivity contribution in [3.63, 3.8) is 0 Å². The van der Waals surface area contributed by atoms with Crippen LogP contribution in [0.3, 0.4) is 0 Å². The van der Waals surface area contributed by atoms with Crippen LogP contribution in [-0.4, -0.2) is 45.4 Å². The SMILES string of the molecule is Cn1nnnc1S[C@@H]1CCS(=O)(=O)C1. The molecule has 0 unspecified atom stereocenters. The molecule has 1 aromatic rings. The van der Waals surface area contributed by atoms with E-state index in [-0.39, 0.29) is 16.8 Å². The maximum atomic E-state index is 11.2. The van der Waals surface area contributed by atoms with E-state index in [2.05, 4.69) is 15.5 Å². The quantitative estimate of drug-likeness (QED) is 0.686. The van der Waals surface area contributed by atoms with E-state index in [1.54, 1.807) is 11.7 Å². The van der Waals surface area contributed by atoms with Crippen LogP contribution >= 0.6 is 11.8 Å². The van der Waals surface area contributed by atoms with Gasteiger partial charge in [-0.15, -0.1) is 5.10 Å². The summed E-state index contributed by atoms with van der Waals surface area (Å²) >= 11 is 1.43. The Bertz CT molecular complexity index is 427. The minimum atomic E-state index is -2.81. The largest absolute Gasteiger partial charge is 0.229 e. The number of hydrogen-bond donors (Lipinski definition) is 0. The average Bonchev–Trinajstić information content (AvgIpc) is 2.61. The average molecular weight is 234 g/mol. The second-order valence-corrected chi connectivity index (χ2v) is 6.72. The van der Waals surface area contributed by atoms with Crippen LogP contribution in [0.15, 0.2) is 5.16 Å². The fourth-order valence-electron chi connectivity index (χ4n) is 1.32. The van der Waals surface area contributed by atoms with Gasteiger partial charge in [0, 0.05) is 12.3 Å². The van der Waals surface area contributed by atoms with Crippen molar-refractivity contribution >= 4 is 21.6 Å².